The van der Waals surface area contributed by atoms with Crippen molar-refractivity contribution in [2.75, 3.05) is 37.6 Å². The highest BCUT2D eigenvalue weighted by molar-refractivity contribution is 6.05. The molecule has 3 rings (SSSR count). The number of rotatable bonds is 10. The molecular weight excluding hydrogens is 398 g/mol. The SMILES string of the molecule is COc1cc(NC(=O)COCCOc2ccccc2)ccc1NC(=O)c1cccnc1. The standard InChI is InChI=1S/C23H23N3O5/c1-29-21-14-18(9-10-20(21)26-23(28)17-6-5-11-24-15-17)25-22(27)16-30-12-13-31-19-7-3-2-4-8-19/h2-11,14-15H,12-13,16H2,1H3,(H,25,27)(H,26,28). The number of pyridine rings is 1. The van der Waals surface area contributed by atoms with Gasteiger partial charge in [-0.25, -0.2) is 0 Å². The maximum atomic E-state index is 12.3. The summed E-state index contributed by atoms with van der Waals surface area (Å²) in [7, 11) is 1.48. The minimum Gasteiger partial charge on any atom is -0.494 e. The Morgan fingerprint density at radius 3 is 2.55 bits per heavy atom. The third kappa shape index (κ3) is 6.83. The van der Waals surface area contributed by atoms with Gasteiger partial charge in [-0.05, 0) is 36.4 Å². The van der Waals surface area contributed by atoms with Gasteiger partial charge >= 0.3 is 0 Å². The third-order valence-corrected chi connectivity index (χ3v) is 4.13. The minimum absolute atomic E-state index is 0.111. The molecule has 0 unspecified atom stereocenters. The van der Waals surface area contributed by atoms with E-state index in [1.165, 1.54) is 13.3 Å². The second kappa shape index (κ2) is 11.3. The number of hydrogen-bond donors (Lipinski definition) is 2. The number of benzene rings is 2. The maximum Gasteiger partial charge on any atom is 0.257 e. The van der Waals surface area contributed by atoms with Crippen LogP contribution in [0.5, 0.6) is 11.5 Å². The first kappa shape index (κ1) is 21.8. The summed E-state index contributed by atoms with van der Waals surface area (Å²) in [5.41, 5.74) is 1.42. The Morgan fingerprint density at radius 1 is 0.968 bits per heavy atom. The summed E-state index contributed by atoms with van der Waals surface area (Å²) >= 11 is 0. The quantitative estimate of drug-likeness (QED) is 0.487. The lowest BCUT2D eigenvalue weighted by Gasteiger charge is -2.13. The predicted octanol–water partition coefficient (Wildman–Crippen LogP) is 3.38. The van der Waals surface area contributed by atoms with E-state index < -0.39 is 0 Å². The number of nitrogens with one attached hydrogen (secondary N) is 2. The fraction of sp³-hybridized carbons (Fsp3) is 0.174. The molecule has 31 heavy (non-hydrogen) atoms. The first-order chi connectivity index (χ1) is 15.2. The first-order valence-electron chi connectivity index (χ1n) is 9.60. The second-order valence-corrected chi connectivity index (χ2v) is 6.37. The van der Waals surface area contributed by atoms with Crippen LogP contribution in [0, 0.1) is 0 Å². The van der Waals surface area contributed by atoms with Crippen molar-refractivity contribution < 1.29 is 23.8 Å². The Kier molecular flexibility index (Phi) is 7.96. The molecule has 0 aliphatic carbocycles. The van der Waals surface area contributed by atoms with Crippen LogP contribution in [-0.4, -0.2) is 43.7 Å². The van der Waals surface area contributed by atoms with Crippen molar-refractivity contribution in [3.8, 4) is 11.5 Å². The van der Waals surface area contributed by atoms with Gasteiger partial charge in [-0.2, -0.15) is 0 Å². The molecule has 8 nitrogen and oxygen atoms in total. The summed E-state index contributed by atoms with van der Waals surface area (Å²) in [5, 5.41) is 5.49. The first-order valence-corrected chi connectivity index (χ1v) is 9.60. The Balaban J connectivity index is 1.46. The molecule has 1 heterocycles. The third-order valence-electron chi connectivity index (χ3n) is 4.13. The lowest BCUT2D eigenvalue weighted by Crippen LogP contribution is -2.20. The average Bonchev–Trinajstić information content (AvgIpc) is 2.81. The van der Waals surface area contributed by atoms with E-state index in [1.54, 1.807) is 36.5 Å². The smallest absolute Gasteiger partial charge is 0.257 e. The van der Waals surface area contributed by atoms with E-state index in [2.05, 4.69) is 15.6 Å². The monoisotopic (exact) mass is 421 g/mol. The van der Waals surface area contributed by atoms with Gasteiger partial charge in [-0.15, -0.1) is 0 Å². The van der Waals surface area contributed by atoms with Crippen LogP contribution in [0.15, 0.2) is 73.1 Å². The normalized spacial score (nSPS) is 10.2. The summed E-state index contributed by atoms with van der Waals surface area (Å²) < 4.78 is 16.2. The van der Waals surface area contributed by atoms with Crippen LogP contribution in [0.3, 0.4) is 0 Å². The molecule has 0 aliphatic rings. The molecule has 2 aromatic carbocycles. The van der Waals surface area contributed by atoms with Crippen molar-refractivity contribution in [2.45, 2.75) is 0 Å². The zero-order chi connectivity index (χ0) is 21.9. The predicted molar refractivity (Wildman–Crippen MR) is 117 cm³/mol. The molecule has 0 spiro atoms. The van der Waals surface area contributed by atoms with Crippen molar-refractivity contribution in [3.63, 3.8) is 0 Å². The van der Waals surface area contributed by atoms with E-state index in [4.69, 9.17) is 14.2 Å². The van der Waals surface area contributed by atoms with Crippen LogP contribution in [0.2, 0.25) is 0 Å². The molecule has 2 N–H and O–H groups in total. The van der Waals surface area contributed by atoms with E-state index in [9.17, 15) is 9.59 Å². The van der Waals surface area contributed by atoms with Gasteiger partial charge in [-0.1, -0.05) is 18.2 Å². The van der Waals surface area contributed by atoms with Gasteiger partial charge in [0.1, 0.15) is 24.7 Å². The van der Waals surface area contributed by atoms with Crippen LogP contribution < -0.4 is 20.1 Å². The molecule has 1 aromatic heterocycles. The Morgan fingerprint density at radius 2 is 1.81 bits per heavy atom. The summed E-state index contributed by atoms with van der Waals surface area (Å²) in [6.45, 7) is 0.515. The fourth-order valence-corrected chi connectivity index (χ4v) is 2.66. The topological polar surface area (TPSA) is 98.8 Å². The lowest BCUT2D eigenvalue weighted by atomic mass is 10.2. The number of aromatic nitrogens is 1. The number of ether oxygens (including phenoxy) is 3. The van der Waals surface area contributed by atoms with Crippen LogP contribution in [0.25, 0.3) is 0 Å². The van der Waals surface area contributed by atoms with Gasteiger partial charge in [0, 0.05) is 24.1 Å². The van der Waals surface area contributed by atoms with Gasteiger partial charge in [-0.3, -0.25) is 14.6 Å². The zero-order valence-electron chi connectivity index (χ0n) is 17.0. The highest BCUT2D eigenvalue weighted by Gasteiger charge is 2.12. The Bertz CT molecular complexity index is 997. The molecule has 0 saturated carbocycles. The summed E-state index contributed by atoms with van der Waals surface area (Å²) in [6.07, 6.45) is 3.07. The number of hydrogen-bond acceptors (Lipinski definition) is 6. The molecule has 3 aromatic rings. The van der Waals surface area contributed by atoms with Gasteiger partial charge < -0.3 is 24.8 Å². The zero-order valence-corrected chi connectivity index (χ0v) is 17.0. The number of carbonyl (C=O) groups excluding carboxylic acids is 2. The van der Waals surface area contributed by atoms with Gasteiger partial charge in [0.15, 0.2) is 0 Å². The molecule has 0 aliphatic heterocycles. The van der Waals surface area contributed by atoms with E-state index >= 15 is 0 Å². The van der Waals surface area contributed by atoms with Crippen molar-refractivity contribution in [1.29, 1.82) is 0 Å². The summed E-state index contributed by atoms with van der Waals surface area (Å²) in [6, 6.07) is 17.6. The van der Waals surface area contributed by atoms with E-state index in [0.29, 0.717) is 29.3 Å². The van der Waals surface area contributed by atoms with Crippen LogP contribution in [0.4, 0.5) is 11.4 Å². The minimum atomic E-state index is -0.311. The van der Waals surface area contributed by atoms with Crippen molar-refractivity contribution in [3.05, 3.63) is 78.6 Å². The Hall–Kier alpha value is -3.91. The molecule has 0 atom stereocenters. The molecule has 0 fully saturated rings. The lowest BCUT2D eigenvalue weighted by molar-refractivity contribution is -0.120. The maximum absolute atomic E-state index is 12.3. The van der Waals surface area contributed by atoms with Crippen molar-refractivity contribution in [1.82, 2.24) is 4.98 Å². The molecular formula is C23H23N3O5. The number of para-hydroxylation sites is 1. The van der Waals surface area contributed by atoms with E-state index in [0.717, 1.165) is 5.75 Å². The van der Waals surface area contributed by atoms with Gasteiger partial charge in [0.05, 0.1) is 25.0 Å². The van der Waals surface area contributed by atoms with E-state index in [-0.39, 0.29) is 25.0 Å². The van der Waals surface area contributed by atoms with Crippen molar-refractivity contribution >= 4 is 23.2 Å². The number of carbonyl (C=O) groups is 2. The highest BCUT2D eigenvalue weighted by atomic mass is 16.5. The van der Waals surface area contributed by atoms with Crippen molar-refractivity contribution in [2.24, 2.45) is 0 Å². The van der Waals surface area contributed by atoms with Crippen LogP contribution in [-0.2, 0) is 9.53 Å². The Labute approximate surface area is 180 Å². The largest absolute Gasteiger partial charge is 0.494 e. The summed E-state index contributed by atoms with van der Waals surface area (Å²) in [5.74, 6) is 0.536. The van der Waals surface area contributed by atoms with Crippen LogP contribution in [0.1, 0.15) is 10.4 Å². The van der Waals surface area contributed by atoms with E-state index in [1.807, 2.05) is 30.3 Å². The highest BCUT2D eigenvalue weighted by Crippen LogP contribution is 2.28. The number of methoxy groups -OCH3 is 1. The number of anilines is 2. The van der Waals surface area contributed by atoms with Crippen LogP contribution >= 0.6 is 0 Å². The van der Waals surface area contributed by atoms with Gasteiger partial charge in [0.2, 0.25) is 5.91 Å². The number of amides is 2. The molecule has 2 amide bonds. The van der Waals surface area contributed by atoms with Gasteiger partial charge in [0.25, 0.3) is 5.91 Å². The molecule has 0 saturated heterocycles. The fourth-order valence-electron chi connectivity index (χ4n) is 2.66. The molecule has 8 heteroatoms. The average molecular weight is 421 g/mol. The summed E-state index contributed by atoms with van der Waals surface area (Å²) in [4.78, 5) is 28.3. The molecule has 0 radical (unpaired) electrons. The second-order valence-electron chi connectivity index (χ2n) is 6.37. The molecule has 160 valence electrons. The molecule has 0 bridgehead atoms. The number of nitrogens with zero attached hydrogens (tertiary/aromatic N) is 1.